The van der Waals surface area contributed by atoms with Gasteiger partial charge in [0.2, 0.25) is 0 Å². The number of hydrogen-bond acceptors (Lipinski definition) is 5. The average Bonchev–Trinajstić information content (AvgIpc) is 3.09. The molecule has 0 spiro atoms. The van der Waals surface area contributed by atoms with Gasteiger partial charge in [-0.2, -0.15) is 5.10 Å². The number of aromatic nitrogens is 3. The van der Waals surface area contributed by atoms with Crippen molar-refractivity contribution in [2.75, 3.05) is 11.3 Å². The summed E-state index contributed by atoms with van der Waals surface area (Å²) in [5, 5.41) is 3.94. The minimum absolute atomic E-state index is 0.0831. The van der Waals surface area contributed by atoms with Gasteiger partial charge in [0.05, 0.1) is 18.5 Å². The van der Waals surface area contributed by atoms with Crippen LogP contribution in [0.2, 0.25) is 0 Å². The van der Waals surface area contributed by atoms with E-state index in [1.165, 1.54) is 41.5 Å². The molecule has 0 aliphatic rings. The quantitative estimate of drug-likeness (QED) is 0.728. The normalized spacial score (nSPS) is 11.3. The molecule has 0 aliphatic heterocycles. The van der Waals surface area contributed by atoms with Crippen molar-refractivity contribution >= 4 is 15.7 Å². The predicted octanol–water partition coefficient (Wildman–Crippen LogP) is 2.61. The first-order valence-electron chi connectivity index (χ1n) is 7.40. The van der Waals surface area contributed by atoms with Gasteiger partial charge in [0.1, 0.15) is 16.3 Å². The number of rotatable bonds is 6. The highest BCUT2D eigenvalue weighted by atomic mass is 32.2. The van der Waals surface area contributed by atoms with E-state index in [9.17, 15) is 12.8 Å². The molecule has 0 saturated heterocycles. The highest BCUT2D eigenvalue weighted by Crippen LogP contribution is 2.26. The summed E-state index contributed by atoms with van der Waals surface area (Å²) in [5.41, 5.74) is 0.295. The number of anilines is 1. The third-order valence-corrected chi connectivity index (χ3v) is 4.68. The first-order valence-corrected chi connectivity index (χ1v) is 8.89. The molecule has 0 unspecified atom stereocenters. The molecule has 0 fully saturated rings. The van der Waals surface area contributed by atoms with Crippen LogP contribution in [-0.2, 0) is 10.0 Å². The lowest BCUT2D eigenvalue weighted by molar-refractivity contribution is 0.330. The van der Waals surface area contributed by atoms with Gasteiger partial charge < -0.3 is 4.74 Å². The molecular weight excluding hydrogens is 347 g/mol. The Balaban J connectivity index is 1.90. The fraction of sp³-hybridized carbons (Fsp3) is 0.125. The molecule has 2 aromatic heterocycles. The van der Waals surface area contributed by atoms with Gasteiger partial charge in [0.25, 0.3) is 10.0 Å². The van der Waals surface area contributed by atoms with Gasteiger partial charge in [-0.1, -0.05) is 0 Å². The largest absolute Gasteiger partial charge is 0.492 e. The lowest BCUT2D eigenvalue weighted by Crippen LogP contribution is -2.15. The number of ether oxygens (including phenoxy) is 1. The standard InChI is InChI=1S/C16H15FN4O3S/c1-2-24-15-6-8-18-11-16(15)25(22,23)20-12-4-5-14(13(17)10-12)21-9-3-7-19-21/h3-11,20H,2H2,1H3. The maximum atomic E-state index is 14.3. The first-order chi connectivity index (χ1) is 12.0. The molecular formula is C16H15FN4O3S. The van der Waals surface area contributed by atoms with Crippen LogP contribution in [0.1, 0.15) is 6.92 Å². The second-order valence-corrected chi connectivity index (χ2v) is 6.63. The second kappa shape index (κ2) is 6.89. The molecule has 1 aromatic carbocycles. The Kier molecular flexibility index (Phi) is 4.66. The van der Waals surface area contributed by atoms with Crippen LogP contribution in [0.15, 0.2) is 60.0 Å². The van der Waals surface area contributed by atoms with Crippen molar-refractivity contribution in [3.8, 4) is 11.4 Å². The van der Waals surface area contributed by atoms with Crippen molar-refractivity contribution < 1.29 is 17.5 Å². The molecule has 0 aliphatic carbocycles. The highest BCUT2D eigenvalue weighted by molar-refractivity contribution is 7.92. The fourth-order valence-electron chi connectivity index (χ4n) is 2.22. The molecule has 0 amide bonds. The molecule has 9 heteroatoms. The van der Waals surface area contributed by atoms with Crippen molar-refractivity contribution in [1.82, 2.24) is 14.8 Å². The molecule has 2 heterocycles. The van der Waals surface area contributed by atoms with Gasteiger partial charge in [0, 0.05) is 24.7 Å². The maximum Gasteiger partial charge on any atom is 0.267 e. The van der Waals surface area contributed by atoms with E-state index in [-0.39, 0.29) is 22.0 Å². The van der Waals surface area contributed by atoms with Gasteiger partial charge in [0.15, 0.2) is 5.82 Å². The minimum Gasteiger partial charge on any atom is -0.492 e. The Bertz CT molecular complexity index is 975. The number of benzene rings is 1. The topological polar surface area (TPSA) is 86.1 Å². The van der Waals surface area contributed by atoms with Crippen LogP contribution in [-0.4, -0.2) is 29.8 Å². The summed E-state index contributed by atoms with van der Waals surface area (Å²) in [6.45, 7) is 2.05. The second-order valence-electron chi connectivity index (χ2n) is 4.98. The summed E-state index contributed by atoms with van der Waals surface area (Å²) in [6, 6.07) is 7.10. The van der Waals surface area contributed by atoms with Crippen LogP contribution in [0, 0.1) is 5.82 Å². The van der Waals surface area contributed by atoms with E-state index in [1.807, 2.05) is 0 Å². The summed E-state index contributed by atoms with van der Waals surface area (Å²) in [5.74, 6) is -0.432. The summed E-state index contributed by atoms with van der Waals surface area (Å²) in [7, 11) is -3.98. The molecule has 7 nitrogen and oxygen atoms in total. The monoisotopic (exact) mass is 362 g/mol. The zero-order valence-electron chi connectivity index (χ0n) is 13.3. The Hall–Kier alpha value is -2.94. The highest BCUT2D eigenvalue weighted by Gasteiger charge is 2.20. The zero-order chi connectivity index (χ0) is 17.9. The van der Waals surface area contributed by atoms with E-state index < -0.39 is 15.8 Å². The number of hydrogen-bond donors (Lipinski definition) is 1. The molecule has 130 valence electrons. The molecule has 25 heavy (non-hydrogen) atoms. The summed E-state index contributed by atoms with van der Waals surface area (Å²) < 4.78 is 48.3. The minimum atomic E-state index is -3.98. The van der Waals surface area contributed by atoms with Crippen LogP contribution in [0.25, 0.3) is 5.69 Å². The fourth-order valence-corrected chi connectivity index (χ4v) is 3.36. The van der Waals surface area contributed by atoms with E-state index >= 15 is 0 Å². The molecule has 3 aromatic rings. The third-order valence-electron chi connectivity index (χ3n) is 3.29. The number of sulfonamides is 1. The maximum absolute atomic E-state index is 14.3. The number of nitrogens with zero attached hydrogens (tertiary/aromatic N) is 3. The summed E-state index contributed by atoms with van der Waals surface area (Å²) >= 11 is 0. The van der Waals surface area contributed by atoms with Crippen LogP contribution in [0.3, 0.4) is 0 Å². The van der Waals surface area contributed by atoms with Gasteiger partial charge in [-0.05, 0) is 31.2 Å². The number of halogens is 1. The Morgan fingerprint density at radius 3 is 2.80 bits per heavy atom. The van der Waals surface area contributed by atoms with Gasteiger partial charge in [-0.3, -0.25) is 9.71 Å². The molecule has 3 rings (SSSR count). The van der Waals surface area contributed by atoms with Crippen molar-refractivity contribution in [2.45, 2.75) is 11.8 Å². The Morgan fingerprint density at radius 1 is 1.28 bits per heavy atom. The lowest BCUT2D eigenvalue weighted by Gasteiger charge is -2.12. The zero-order valence-corrected chi connectivity index (χ0v) is 14.1. The predicted molar refractivity (Wildman–Crippen MR) is 89.7 cm³/mol. The summed E-state index contributed by atoms with van der Waals surface area (Å²) in [4.78, 5) is 3.70. The molecule has 0 atom stereocenters. The third kappa shape index (κ3) is 3.61. The van der Waals surface area contributed by atoms with Gasteiger partial charge >= 0.3 is 0 Å². The molecule has 0 saturated carbocycles. The smallest absolute Gasteiger partial charge is 0.267 e. The van der Waals surface area contributed by atoms with E-state index in [4.69, 9.17) is 4.74 Å². The van der Waals surface area contributed by atoms with E-state index in [1.54, 1.807) is 19.2 Å². The first kappa shape index (κ1) is 16.9. The van der Waals surface area contributed by atoms with Crippen molar-refractivity contribution in [3.63, 3.8) is 0 Å². The van der Waals surface area contributed by atoms with Crippen LogP contribution in [0.4, 0.5) is 10.1 Å². The summed E-state index contributed by atoms with van der Waals surface area (Å²) in [6.07, 6.45) is 5.73. The Labute approximate surface area is 144 Å². The van der Waals surface area contributed by atoms with E-state index in [0.717, 1.165) is 6.07 Å². The van der Waals surface area contributed by atoms with Crippen LogP contribution >= 0.6 is 0 Å². The van der Waals surface area contributed by atoms with Gasteiger partial charge in [-0.25, -0.2) is 17.5 Å². The molecule has 0 radical (unpaired) electrons. The van der Waals surface area contributed by atoms with Gasteiger partial charge in [-0.15, -0.1) is 0 Å². The van der Waals surface area contributed by atoms with Crippen molar-refractivity contribution in [3.05, 3.63) is 60.9 Å². The number of nitrogens with one attached hydrogen (secondary N) is 1. The average molecular weight is 362 g/mol. The van der Waals surface area contributed by atoms with Crippen molar-refractivity contribution in [2.24, 2.45) is 0 Å². The molecule has 1 N–H and O–H groups in total. The number of pyridine rings is 1. The van der Waals surface area contributed by atoms with E-state index in [0.29, 0.717) is 6.61 Å². The Morgan fingerprint density at radius 2 is 2.12 bits per heavy atom. The SMILES string of the molecule is CCOc1ccncc1S(=O)(=O)Nc1ccc(-n2cccn2)c(F)c1. The lowest BCUT2D eigenvalue weighted by atomic mass is 10.3. The van der Waals surface area contributed by atoms with Crippen LogP contribution < -0.4 is 9.46 Å². The molecule has 0 bridgehead atoms. The van der Waals surface area contributed by atoms with E-state index in [2.05, 4.69) is 14.8 Å². The van der Waals surface area contributed by atoms with Crippen LogP contribution in [0.5, 0.6) is 5.75 Å². The van der Waals surface area contributed by atoms with Crippen molar-refractivity contribution in [1.29, 1.82) is 0 Å².